The van der Waals surface area contributed by atoms with Gasteiger partial charge in [0, 0.05) is 0 Å². The maximum absolute atomic E-state index is 11.5. The third-order valence-corrected chi connectivity index (χ3v) is 6.05. The molecule has 0 saturated carbocycles. The van der Waals surface area contributed by atoms with Crippen molar-refractivity contribution in [2.45, 2.75) is 38.3 Å². The molecule has 2 aliphatic rings. The Bertz CT molecular complexity index is 629. The summed E-state index contributed by atoms with van der Waals surface area (Å²) >= 11 is 5.19. The quantitative estimate of drug-likeness (QED) is 0.788. The first-order valence-electron chi connectivity index (χ1n) is 7.04. The fourth-order valence-corrected chi connectivity index (χ4v) is 4.77. The van der Waals surface area contributed by atoms with Gasteiger partial charge < -0.3 is 4.42 Å². The summed E-state index contributed by atoms with van der Waals surface area (Å²) in [5, 5.41) is 4.39. The topological polar surface area (TPSA) is 68.3 Å². The summed E-state index contributed by atoms with van der Waals surface area (Å²) in [6.07, 6.45) is 4.28. The van der Waals surface area contributed by atoms with E-state index in [1.54, 1.807) is 4.68 Å². The number of nitrogens with zero attached hydrogens (tertiary/aromatic N) is 3. The molecule has 0 spiro atoms. The van der Waals surface area contributed by atoms with Gasteiger partial charge in [-0.15, -0.1) is 5.10 Å². The number of rotatable bonds is 3. The van der Waals surface area contributed by atoms with Crippen LogP contribution in [0.4, 0.5) is 0 Å². The average Bonchev–Trinajstić information content (AvgIpc) is 2.95. The number of likely N-dealkylation sites (tertiary alicyclic amines) is 1. The van der Waals surface area contributed by atoms with Crippen LogP contribution in [0.1, 0.15) is 37.5 Å². The largest absolute Gasteiger partial charge is 0.414 e. The van der Waals surface area contributed by atoms with Gasteiger partial charge in [-0.1, -0.05) is 6.42 Å². The normalized spacial score (nSPS) is 26.9. The minimum Gasteiger partial charge on any atom is -0.414 e. The van der Waals surface area contributed by atoms with Crippen molar-refractivity contribution >= 4 is 22.1 Å². The van der Waals surface area contributed by atoms with Crippen LogP contribution in [0.25, 0.3) is 0 Å². The molecule has 0 bridgehead atoms. The Labute approximate surface area is 123 Å². The van der Waals surface area contributed by atoms with Gasteiger partial charge in [0.05, 0.1) is 24.1 Å². The Hall–Kier alpha value is -0.730. The van der Waals surface area contributed by atoms with Crippen molar-refractivity contribution in [1.29, 1.82) is 0 Å². The minimum atomic E-state index is -2.93. The summed E-state index contributed by atoms with van der Waals surface area (Å²) < 4.78 is 30.2. The van der Waals surface area contributed by atoms with Crippen molar-refractivity contribution in [3.8, 4) is 0 Å². The maximum Gasteiger partial charge on any atom is 0.288 e. The van der Waals surface area contributed by atoms with Crippen LogP contribution in [0.3, 0.4) is 0 Å². The number of piperidine rings is 1. The van der Waals surface area contributed by atoms with Crippen molar-refractivity contribution < 1.29 is 12.8 Å². The first kappa shape index (κ1) is 14.2. The molecule has 1 atom stereocenters. The van der Waals surface area contributed by atoms with E-state index in [1.807, 2.05) is 0 Å². The van der Waals surface area contributed by atoms with Crippen molar-refractivity contribution in [2.24, 2.45) is 0 Å². The molecule has 1 aromatic heterocycles. The highest BCUT2D eigenvalue weighted by molar-refractivity contribution is 7.91. The number of aromatic nitrogens is 2. The van der Waals surface area contributed by atoms with E-state index in [-0.39, 0.29) is 17.4 Å². The van der Waals surface area contributed by atoms with E-state index in [4.69, 9.17) is 16.6 Å². The number of sulfone groups is 1. The zero-order chi connectivity index (χ0) is 14.2. The summed E-state index contributed by atoms with van der Waals surface area (Å²) in [5.41, 5.74) is 0. The molecule has 1 aromatic rings. The lowest BCUT2D eigenvalue weighted by Crippen LogP contribution is -2.32. The van der Waals surface area contributed by atoms with Gasteiger partial charge in [-0.25, -0.2) is 13.1 Å². The molecule has 2 fully saturated rings. The SMILES string of the molecule is O=S1(=O)CC[C@@H](c2nn(CN3CCCCC3)c(=S)o2)C1. The molecule has 2 aliphatic heterocycles. The first-order chi connectivity index (χ1) is 9.53. The lowest BCUT2D eigenvalue weighted by Gasteiger charge is -2.25. The van der Waals surface area contributed by atoms with Gasteiger partial charge in [0.25, 0.3) is 4.84 Å². The Balaban J connectivity index is 1.72. The molecule has 0 aliphatic carbocycles. The molecule has 0 unspecified atom stereocenters. The van der Waals surface area contributed by atoms with E-state index >= 15 is 0 Å². The summed E-state index contributed by atoms with van der Waals surface area (Å²) in [4.78, 5) is 2.65. The van der Waals surface area contributed by atoms with Crippen LogP contribution in [-0.2, 0) is 16.5 Å². The molecule has 6 nitrogen and oxygen atoms in total. The zero-order valence-electron chi connectivity index (χ0n) is 11.3. The van der Waals surface area contributed by atoms with Crippen LogP contribution in [0.15, 0.2) is 4.42 Å². The van der Waals surface area contributed by atoms with E-state index in [2.05, 4.69) is 10.00 Å². The van der Waals surface area contributed by atoms with Gasteiger partial charge in [0.2, 0.25) is 5.89 Å². The second kappa shape index (κ2) is 5.57. The third kappa shape index (κ3) is 3.12. The Morgan fingerprint density at radius 3 is 2.70 bits per heavy atom. The van der Waals surface area contributed by atoms with E-state index in [0.717, 1.165) is 13.1 Å². The lowest BCUT2D eigenvalue weighted by atomic mass is 10.1. The summed E-state index contributed by atoms with van der Waals surface area (Å²) in [7, 11) is -2.93. The van der Waals surface area contributed by atoms with Gasteiger partial charge >= 0.3 is 0 Å². The van der Waals surface area contributed by atoms with Crippen LogP contribution in [0.5, 0.6) is 0 Å². The maximum atomic E-state index is 11.5. The highest BCUT2D eigenvalue weighted by Crippen LogP contribution is 2.27. The third-order valence-electron chi connectivity index (χ3n) is 3.99. The zero-order valence-corrected chi connectivity index (χ0v) is 13.0. The van der Waals surface area contributed by atoms with Gasteiger partial charge in [-0.3, -0.25) is 4.90 Å². The summed E-state index contributed by atoms with van der Waals surface area (Å²) in [6.45, 7) is 2.76. The van der Waals surface area contributed by atoms with Gasteiger partial charge in [-0.2, -0.15) is 0 Å². The molecule has 0 radical (unpaired) electrons. The first-order valence-corrected chi connectivity index (χ1v) is 9.27. The van der Waals surface area contributed by atoms with Crippen LogP contribution >= 0.6 is 12.2 Å². The predicted octanol–water partition coefficient (Wildman–Crippen LogP) is 1.55. The molecule has 8 heteroatoms. The fourth-order valence-electron chi connectivity index (χ4n) is 2.86. The molecular formula is C12H19N3O3S2. The van der Waals surface area contributed by atoms with Crippen molar-refractivity contribution in [1.82, 2.24) is 14.7 Å². The van der Waals surface area contributed by atoms with Crippen LogP contribution < -0.4 is 0 Å². The van der Waals surface area contributed by atoms with Crippen LogP contribution in [0, 0.1) is 4.84 Å². The molecule has 0 aromatic carbocycles. The van der Waals surface area contributed by atoms with Gasteiger partial charge in [-0.05, 0) is 44.6 Å². The van der Waals surface area contributed by atoms with Crippen molar-refractivity contribution in [3.63, 3.8) is 0 Å². The highest BCUT2D eigenvalue weighted by Gasteiger charge is 2.32. The Morgan fingerprint density at radius 1 is 1.30 bits per heavy atom. The molecular weight excluding hydrogens is 298 g/mol. The standard InChI is InChI=1S/C12H19N3O3S2/c16-20(17)7-4-10(8-20)11-13-15(12(19)18-11)9-14-5-2-1-3-6-14/h10H,1-9H2/t10-/m1/s1. The molecule has 0 N–H and O–H groups in total. The predicted molar refractivity (Wildman–Crippen MR) is 76.8 cm³/mol. The second-order valence-electron chi connectivity index (χ2n) is 5.63. The smallest absolute Gasteiger partial charge is 0.288 e. The van der Waals surface area contributed by atoms with Crippen LogP contribution in [-0.4, -0.2) is 47.7 Å². The van der Waals surface area contributed by atoms with Crippen molar-refractivity contribution in [2.75, 3.05) is 24.6 Å². The summed E-state index contributed by atoms with van der Waals surface area (Å²) in [5.74, 6) is 0.697. The fraction of sp³-hybridized carbons (Fsp3) is 0.833. The molecule has 20 heavy (non-hydrogen) atoms. The molecule has 0 amide bonds. The van der Waals surface area contributed by atoms with Crippen molar-refractivity contribution in [3.05, 3.63) is 10.7 Å². The number of hydrogen-bond acceptors (Lipinski definition) is 6. The molecule has 2 saturated heterocycles. The highest BCUT2D eigenvalue weighted by atomic mass is 32.2. The van der Waals surface area contributed by atoms with E-state index in [1.165, 1.54) is 19.3 Å². The second-order valence-corrected chi connectivity index (χ2v) is 8.20. The Morgan fingerprint density at radius 2 is 2.05 bits per heavy atom. The van der Waals surface area contributed by atoms with E-state index in [9.17, 15) is 8.42 Å². The number of hydrogen-bond donors (Lipinski definition) is 0. The minimum absolute atomic E-state index is 0.131. The van der Waals surface area contributed by atoms with Gasteiger partial charge in [0.15, 0.2) is 9.84 Å². The monoisotopic (exact) mass is 317 g/mol. The molecule has 112 valence electrons. The lowest BCUT2D eigenvalue weighted by molar-refractivity contribution is 0.170. The van der Waals surface area contributed by atoms with Crippen LogP contribution in [0.2, 0.25) is 0 Å². The average molecular weight is 317 g/mol. The summed E-state index contributed by atoms with van der Waals surface area (Å²) in [6, 6.07) is 0. The van der Waals surface area contributed by atoms with E-state index in [0.29, 0.717) is 23.8 Å². The molecule has 3 rings (SSSR count). The van der Waals surface area contributed by atoms with Gasteiger partial charge in [0.1, 0.15) is 0 Å². The molecule has 3 heterocycles. The Kier molecular flexibility index (Phi) is 3.96. The van der Waals surface area contributed by atoms with E-state index < -0.39 is 9.84 Å².